The van der Waals surface area contributed by atoms with Crippen LogP contribution in [0.1, 0.15) is 18.1 Å². The summed E-state index contributed by atoms with van der Waals surface area (Å²) >= 11 is 0. The molecule has 9 heteroatoms. The van der Waals surface area contributed by atoms with Gasteiger partial charge in [0.2, 0.25) is 0 Å². The van der Waals surface area contributed by atoms with Gasteiger partial charge in [0.05, 0.1) is 13.2 Å². The van der Waals surface area contributed by atoms with Crippen LogP contribution in [0.15, 0.2) is 42.5 Å². The van der Waals surface area contributed by atoms with Crippen LogP contribution < -0.4 is 20.3 Å². The molecular weight excluding hydrogens is 398 g/mol. The third-order valence-electron chi connectivity index (χ3n) is 4.63. The zero-order chi connectivity index (χ0) is 21.9. The Morgan fingerprint density at radius 2 is 2.03 bits per heavy atom. The van der Waals surface area contributed by atoms with Gasteiger partial charge in [-0.15, -0.1) is 0 Å². The molecule has 0 aromatic heterocycles. The van der Waals surface area contributed by atoms with Gasteiger partial charge in [-0.25, -0.2) is 5.48 Å². The molecule has 30 heavy (non-hydrogen) atoms. The van der Waals surface area contributed by atoms with E-state index in [2.05, 4.69) is 16.6 Å². The predicted molar refractivity (Wildman–Crippen MR) is 106 cm³/mol. The summed E-state index contributed by atoms with van der Waals surface area (Å²) in [7, 11) is 0. The number of hydroxylamine groups is 1. The van der Waals surface area contributed by atoms with Crippen LogP contribution in [0.25, 0.3) is 11.1 Å². The van der Waals surface area contributed by atoms with Crippen LogP contribution in [0.5, 0.6) is 11.5 Å². The fourth-order valence-corrected chi connectivity index (χ4v) is 3.27. The number of hydrogen-bond acceptors (Lipinski definition) is 6. The number of rotatable bonds is 8. The molecule has 4 N–H and O–H groups in total. The number of carbonyl (C=O) groups is 1. The minimum absolute atomic E-state index is 0.0282. The molecule has 0 spiro atoms. The Hall–Kier alpha value is -3.17. The first-order chi connectivity index (χ1) is 14.2. The normalized spacial score (nSPS) is 12.7. The number of carbonyl (C=O) groups excluding carboxylic acids is 1. The van der Waals surface area contributed by atoms with E-state index >= 15 is 0 Å². The van der Waals surface area contributed by atoms with Gasteiger partial charge in [0.1, 0.15) is 11.5 Å². The number of ether oxygens (including phenoxy) is 2. The highest BCUT2D eigenvalue weighted by Gasteiger charge is 2.25. The summed E-state index contributed by atoms with van der Waals surface area (Å²) in [6.45, 7) is 4.50. The molecule has 0 saturated carbocycles. The van der Waals surface area contributed by atoms with Crippen LogP contribution in [0.3, 0.4) is 0 Å². The fraction of sp³-hybridized carbons (Fsp3) is 0.286. The lowest BCUT2D eigenvalue weighted by atomic mass is 9.95. The van der Waals surface area contributed by atoms with Gasteiger partial charge in [0, 0.05) is 47.8 Å². The van der Waals surface area contributed by atoms with Crippen LogP contribution in [-0.4, -0.2) is 35.5 Å². The second-order valence-corrected chi connectivity index (χ2v) is 6.85. The van der Waals surface area contributed by atoms with E-state index in [9.17, 15) is 18.7 Å². The Labute approximate surface area is 171 Å². The summed E-state index contributed by atoms with van der Waals surface area (Å²) in [5.74, 6) is -0.0763. The fourth-order valence-electron chi connectivity index (χ4n) is 3.27. The van der Waals surface area contributed by atoms with Crippen molar-refractivity contribution < 1.29 is 33.4 Å². The molecule has 0 radical (unpaired) electrons. The molecule has 1 heterocycles. The average molecular weight is 420 g/mol. The number of hydrogen-bond donors (Lipinski definition) is 4. The van der Waals surface area contributed by atoms with E-state index in [1.807, 2.05) is 0 Å². The van der Waals surface area contributed by atoms with Crippen LogP contribution >= 0.6 is 0 Å². The molecule has 1 aliphatic rings. The smallest absolute Gasteiger partial charge is 0.394 e. The Bertz CT molecular complexity index is 955. The standard InChI is InChI=1S/C21H22F2N2O5/c1-12(20(27)25-28)10-24-18-9-16(19-15(7-8-29-19)17(18)11-26)13-3-5-14(6-4-13)30-21(2,22)23/h3-6,9,24,26,28H,1,7-8,10-11H2,2H3,(H,25,27). The van der Waals surface area contributed by atoms with Gasteiger partial charge < -0.3 is 19.9 Å². The number of aliphatic hydroxyl groups excluding tert-OH is 1. The van der Waals surface area contributed by atoms with Gasteiger partial charge in [0.25, 0.3) is 5.91 Å². The lowest BCUT2D eigenvalue weighted by molar-refractivity contribution is -0.158. The Kier molecular flexibility index (Phi) is 6.23. The number of benzene rings is 2. The van der Waals surface area contributed by atoms with Crippen LogP contribution in [0.4, 0.5) is 14.5 Å². The lowest BCUT2D eigenvalue weighted by Gasteiger charge is -2.18. The molecule has 160 valence electrons. The molecule has 1 aliphatic heterocycles. The minimum atomic E-state index is -3.28. The largest absolute Gasteiger partial charge is 0.492 e. The topological polar surface area (TPSA) is 100 Å². The molecule has 2 aromatic carbocycles. The van der Waals surface area contributed by atoms with E-state index in [0.29, 0.717) is 48.1 Å². The van der Waals surface area contributed by atoms with E-state index in [1.54, 1.807) is 18.2 Å². The van der Waals surface area contributed by atoms with Crippen LogP contribution in [-0.2, 0) is 17.8 Å². The highest BCUT2D eigenvalue weighted by molar-refractivity contribution is 5.93. The third kappa shape index (κ3) is 4.69. The molecule has 2 aromatic rings. The first kappa shape index (κ1) is 21.5. The molecule has 3 rings (SSSR count). The van der Waals surface area contributed by atoms with Crippen molar-refractivity contribution in [1.29, 1.82) is 0 Å². The summed E-state index contributed by atoms with van der Waals surface area (Å²) in [6.07, 6.45) is -2.69. The second kappa shape index (κ2) is 8.68. The molecule has 0 unspecified atom stereocenters. The van der Waals surface area contributed by atoms with Crippen molar-refractivity contribution in [3.8, 4) is 22.6 Å². The summed E-state index contributed by atoms with van der Waals surface area (Å²) in [5, 5.41) is 21.6. The van der Waals surface area contributed by atoms with E-state index in [4.69, 9.17) is 9.94 Å². The lowest BCUT2D eigenvalue weighted by Crippen LogP contribution is -2.24. The van der Waals surface area contributed by atoms with Crippen molar-refractivity contribution in [2.45, 2.75) is 26.1 Å². The first-order valence-corrected chi connectivity index (χ1v) is 9.19. The maximum Gasteiger partial charge on any atom is 0.394 e. The van der Waals surface area contributed by atoms with Crippen LogP contribution in [0, 0.1) is 0 Å². The molecule has 0 aliphatic carbocycles. The van der Waals surface area contributed by atoms with E-state index in [1.165, 1.54) is 17.6 Å². The Morgan fingerprint density at radius 1 is 1.33 bits per heavy atom. The van der Waals surface area contributed by atoms with Crippen molar-refractivity contribution in [1.82, 2.24) is 5.48 Å². The number of alkyl halides is 2. The SMILES string of the molecule is C=C(CNc1cc(-c2ccc(OC(C)(F)F)cc2)c2c(c1CO)CCO2)C(=O)NO. The average Bonchev–Trinajstić information content (AvgIpc) is 3.19. The molecule has 0 fully saturated rings. The molecule has 0 saturated heterocycles. The molecule has 0 bridgehead atoms. The number of amides is 1. The molecule has 1 amide bonds. The van der Waals surface area contributed by atoms with Gasteiger partial charge in [-0.1, -0.05) is 18.7 Å². The third-order valence-corrected chi connectivity index (χ3v) is 4.63. The second-order valence-electron chi connectivity index (χ2n) is 6.85. The Morgan fingerprint density at radius 3 is 2.63 bits per heavy atom. The predicted octanol–water partition coefficient (Wildman–Crippen LogP) is 3.25. The minimum Gasteiger partial charge on any atom is -0.492 e. The molecule has 0 atom stereocenters. The number of aliphatic hydroxyl groups is 1. The number of fused-ring (bicyclic) bond motifs is 1. The summed E-state index contributed by atoms with van der Waals surface area (Å²) in [6, 6.07) is 7.91. The number of nitrogens with one attached hydrogen (secondary N) is 2. The summed E-state index contributed by atoms with van der Waals surface area (Å²) in [5.41, 5.74) is 5.06. The van der Waals surface area contributed by atoms with E-state index < -0.39 is 12.0 Å². The van der Waals surface area contributed by atoms with Crippen LogP contribution in [0.2, 0.25) is 0 Å². The molecule has 7 nitrogen and oxygen atoms in total. The highest BCUT2D eigenvalue weighted by atomic mass is 19.3. The van der Waals surface area contributed by atoms with Gasteiger partial charge in [-0.2, -0.15) is 8.78 Å². The Balaban J connectivity index is 1.96. The van der Waals surface area contributed by atoms with Crippen molar-refractivity contribution in [2.24, 2.45) is 0 Å². The van der Waals surface area contributed by atoms with Gasteiger partial charge >= 0.3 is 6.11 Å². The zero-order valence-electron chi connectivity index (χ0n) is 16.3. The van der Waals surface area contributed by atoms with Crippen molar-refractivity contribution >= 4 is 11.6 Å². The quantitative estimate of drug-likeness (QED) is 0.297. The van der Waals surface area contributed by atoms with Crippen molar-refractivity contribution in [2.75, 3.05) is 18.5 Å². The number of anilines is 1. The maximum atomic E-state index is 13.1. The van der Waals surface area contributed by atoms with Crippen molar-refractivity contribution in [3.63, 3.8) is 0 Å². The van der Waals surface area contributed by atoms with E-state index in [0.717, 1.165) is 5.56 Å². The van der Waals surface area contributed by atoms with E-state index in [-0.39, 0.29) is 24.5 Å². The van der Waals surface area contributed by atoms with Gasteiger partial charge in [0.15, 0.2) is 0 Å². The monoisotopic (exact) mass is 420 g/mol. The van der Waals surface area contributed by atoms with Gasteiger partial charge in [-0.05, 0) is 23.8 Å². The molecular formula is C21H22F2N2O5. The maximum absolute atomic E-state index is 13.1. The van der Waals surface area contributed by atoms with Gasteiger partial charge in [-0.3, -0.25) is 10.0 Å². The summed E-state index contributed by atoms with van der Waals surface area (Å²) < 4.78 is 36.4. The summed E-state index contributed by atoms with van der Waals surface area (Å²) in [4.78, 5) is 11.5. The van der Waals surface area contributed by atoms with Crippen molar-refractivity contribution in [3.05, 3.63) is 53.6 Å². The number of halogens is 2. The first-order valence-electron chi connectivity index (χ1n) is 9.19. The highest BCUT2D eigenvalue weighted by Crippen LogP contribution is 2.43. The zero-order valence-corrected chi connectivity index (χ0v) is 16.3.